The molecule has 2 aromatic carbocycles. The van der Waals surface area contributed by atoms with Crippen LogP contribution < -0.4 is 16.3 Å². The van der Waals surface area contributed by atoms with Gasteiger partial charge < -0.3 is 16.3 Å². The van der Waals surface area contributed by atoms with Crippen LogP contribution >= 0.6 is 11.6 Å². The van der Waals surface area contributed by atoms with Crippen molar-refractivity contribution in [1.29, 1.82) is 0 Å². The van der Waals surface area contributed by atoms with Crippen LogP contribution in [-0.2, 0) is 0 Å². The molecule has 0 saturated carbocycles. The van der Waals surface area contributed by atoms with Crippen molar-refractivity contribution in [3.05, 3.63) is 54.1 Å². The lowest BCUT2D eigenvalue weighted by Gasteiger charge is -2.09. The van der Waals surface area contributed by atoms with Gasteiger partial charge in [0.05, 0.1) is 0 Å². The number of ether oxygens (including phenoxy) is 1. The van der Waals surface area contributed by atoms with Crippen LogP contribution in [0.5, 0.6) is 5.75 Å². The number of amidine groups is 1. The first kappa shape index (κ1) is 13.2. The molecule has 98 valence electrons. The number of nitrogens with two attached hydrogens (primary N) is 2. The van der Waals surface area contributed by atoms with Crippen LogP contribution in [0.15, 0.2) is 53.6 Å². The van der Waals surface area contributed by atoms with Gasteiger partial charge in [-0.2, -0.15) is 5.10 Å². The van der Waals surface area contributed by atoms with Gasteiger partial charge >= 0.3 is 0 Å². The van der Waals surface area contributed by atoms with Crippen molar-refractivity contribution in [3.63, 3.8) is 0 Å². The zero-order valence-electron chi connectivity index (χ0n) is 10.2. The van der Waals surface area contributed by atoms with Crippen LogP contribution in [0, 0.1) is 0 Å². The molecule has 0 bridgehead atoms. The van der Waals surface area contributed by atoms with E-state index in [2.05, 4.69) is 5.10 Å². The minimum Gasteiger partial charge on any atom is -0.478 e. The zero-order valence-corrected chi connectivity index (χ0v) is 11.0. The Morgan fingerprint density at radius 1 is 1.11 bits per heavy atom. The van der Waals surface area contributed by atoms with Gasteiger partial charge in [-0.3, -0.25) is 0 Å². The molecule has 2 rings (SSSR count). The maximum atomic E-state index is 5.79. The van der Waals surface area contributed by atoms with Crippen molar-refractivity contribution in [2.45, 2.75) is 0 Å². The molecule has 0 aromatic heterocycles. The molecule has 0 aliphatic carbocycles. The molecule has 5 heteroatoms. The number of halogens is 1. The summed E-state index contributed by atoms with van der Waals surface area (Å²) in [5.74, 6) is 6.26. The number of nitrogens with zero attached hydrogens (tertiary/aromatic N) is 1. The zero-order chi connectivity index (χ0) is 13.7. The van der Waals surface area contributed by atoms with Crippen molar-refractivity contribution >= 4 is 17.4 Å². The second-order valence-corrected chi connectivity index (χ2v) is 4.06. The van der Waals surface area contributed by atoms with Crippen LogP contribution in [0.3, 0.4) is 0 Å². The van der Waals surface area contributed by atoms with Crippen molar-refractivity contribution < 1.29 is 4.74 Å². The molecule has 0 radical (unpaired) electrons. The molecular weight excluding hydrogens is 262 g/mol. The van der Waals surface area contributed by atoms with E-state index in [0.29, 0.717) is 5.84 Å². The third-order valence-corrected chi connectivity index (χ3v) is 2.84. The van der Waals surface area contributed by atoms with Gasteiger partial charge in [0.1, 0.15) is 5.75 Å². The molecule has 0 atom stereocenters. The minimum absolute atomic E-state index is 0.128. The highest BCUT2D eigenvalue weighted by Gasteiger charge is 2.07. The normalized spacial score (nSPS) is 11.3. The van der Waals surface area contributed by atoms with E-state index in [1.54, 1.807) is 0 Å². The molecule has 0 saturated heterocycles. The lowest BCUT2D eigenvalue weighted by molar-refractivity contribution is 0.388. The summed E-state index contributed by atoms with van der Waals surface area (Å²) in [5, 5.41) is 3.54. The Labute approximate surface area is 116 Å². The molecule has 0 aliphatic rings. The molecule has 4 nitrogen and oxygen atoms in total. The number of hydrogen-bond donors (Lipinski definition) is 2. The molecule has 19 heavy (non-hydrogen) atoms. The van der Waals surface area contributed by atoms with Gasteiger partial charge in [-0.1, -0.05) is 48.0 Å². The van der Waals surface area contributed by atoms with Crippen molar-refractivity contribution in [1.82, 2.24) is 0 Å². The summed E-state index contributed by atoms with van der Waals surface area (Å²) in [6, 6.07) is 15.4. The average molecular weight is 276 g/mol. The van der Waals surface area contributed by atoms with E-state index >= 15 is 0 Å². The van der Waals surface area contributed by atoms with E-state index in [1.165, 1.54) is 0 Å². The number of hydrazone groups is 1. The Morgan fingerprint density at radius 2 is 1.79 bits per heavy atom. The first-order chi connectivity index (χ1) is 9.26. The summed E-state index contributed by atoms with van der Waals surface area (Å²) < 4.78 is 5.19. The van der Waals surface area contributed by atoms with E-state index in [9.17, 15) is 0 Å². The Hall–Kier alpha value is -2.20. The van der Waals surface area contributed by atoms with Gasteiger partial charge in [0.15, 0.2) is 11.9 Å². The third kappa shape index (κ3) is 2.98. The summed E-state index contributed by atoms with van der Waals surface area (Å²) in [5.41, 5.74) is 8.56. The van der Waals surface area contributed by atoms with Crippen molar-refractivity contribution in [3.8, 4) is 16.9 Å². The van der Waals surface area contributed by atoms with E-state index in [1.807, 2.05) is 48.5 Å². The summed E-state index contributed by atoms with van der Waals surface area (Å²) in [7, 11) is 0. The number of benzene rings is 2. The number of alkyl halides is 1. The van der Waals surface area contributed by atoms with Crippen LogP contribution in [0.1, 0.15) is 5.56 Å². The molecule has 0 aliphatic heterocycles. The summed E-state index contributed by atoms with van der Waals surface area (Å²) in [4.78, 5) is 0. The SMILES string of the molecule is NN=C(N)c1ccccc1-c1ccc(OCCl)cc1. The van der Waals surface area contributed by atoms with Crippen LogP contribution in [-0.4, -0.2) is 11.9 Å². The molecular formula is C14H14ClN3O. The van der Waals surface area contributed by atoms with E-state index in [-0.39, 0.29) is 6.07 Å². The molecule has 2 aromatic rings. The fourth-order valence-corrected chi connectivity index (χ4v) is 1.95. The molecule has 0 unspecified atom stereocenters. The van der Waals surface area contributed by atoms with Gasteiger partial charge in [0, 0.05) is 5.56 Å². The Balaban J connectivity index is 2.41. The molecule has 0 amide bonds. The summed E-state index contributed by atoms with van der Waals surface area (Å²) >= 11 is 5.51. The Kier molecular flexibility index (Phi) is 4.26. The summed E-state index contributed by atoms with van der Waals surface area (Å²) in [6.45, 7) is 0. The predicted molar refractivity (Wildman–Crippen MR) is 78.1 cm³/mol. The topological polar surface area (TPSA) is 73.6 Å². The van der Waals surface area contributed by atoms with E-state index < -0.39 is 0 Å². The Bertz CT molecular complexity index is 581. The molecule has 0 fully saturated rings. The fraction of sp³-hybridized carbons (Fsp3) is 0.0714. The van der Waals surface area contributed by atoms with Crippen LogP contribution in [0.25, 0.3) is 11.1 Å². The maximum Gasteiger partial charge on any atom is 0.162 e. The fourth-order valence-electron chi connectivity index (χ4n) is 1.82. The van der Waals surface area contributed by atoms with Crippen LogP contribution in [0.2, 0.25) is 0 Å². The van der Waals surface area contributed by atoms with Gasteiger partial charge in [-0.15, -0.1) is 0 Å². The largest absolute Gasteiger partial charge is 0.478 e. The number of rotatable bonds is 4. The van der Waals surface area contributed by atoms with Crippen molar-refractivity contribution in [2.24, 2.45) is 16.7 Å². The second kappa shape index (κ2) is 6.11. The number of hydrogen-bond acceptors (Lipinski definition) is 3. The second-order valence-electron chi connectivity index (χ2n) is 3.84. The molecule has 0 spiro atoms. The monoisotopic (exact) mass is 275 g/mol. The van der Waals surface area contributed by atoms with Gasteiger partial charge in [-0.05, 0) is 23.3 Å². The van der Waals surface area contributed by atoms with Gasteiger partial charge in [0.2, 0.25) is 0 Å². The molecule has 4 N–H and O–H groups in total. The summed E-state index contributed by atoms with van der Waals surface area (Å²) in [6.07, 6.45) is 0. The minimum atomic E-state index is 0.128. The third-order valence-electron chi connectivity index (χ3n) is 2.73. The standard InChI is InChI=1S/C14H14ClN3O/c15-9-19-11-7-5-10(6-8-11)12-3-1-2-4-13(12)14(16)18-17/h1-8H,9,17H2,(H2,16,18). The van der Waals surface area contributed by atoms with E-state index in [0.717, 1.165) is 22.4 Å². The highest BCUT2D eigenvalue weighted by atomic mass is 35.5. The lowest BCUT2D eigenvalue weighted by Crippen LogP contribution is -2.16. The first-order valence-corrected chi connectivity index (χ1v) is 6.21. The van der Waals surface area contributed by atoms with Gasteiger partial charge in [-0.25, -0.2) is 0 Å². The van der Waals surface area contributed by atoms with Crippen LogP contribution in [0.4, 0.5) is 0 Å². The average Bonchev–Trinajstić information content (AvgIpc) is 2.47. The lowest BCUT2D eigenvalue weighted by atomic mass is 9.99. The highest BCUT2D eigenvalue weighted by molar-refractivity contribution is 6.17. The van der Waals surface area contributed by atoms with Crippen molar-refractivity contribution in [2.75, 3.05) is 6.07 Å². The van der Waals surface area contributed by atoms with E-state index in [4.69, 9.17) is 27.9 Å². The predicted octanol–water partition coefficient (Wildman–Crippen LogP) is 2.51. The smallest absolute Gasteiger partial charge is 0.162 e. The quantitative estimate of drug-likeness (QED) is 0.296. The van der Waals surface area contributed by atoms with Gasteiger partial charge in [0.25, 0.3) is 0 Å². The molecule has 0 heterocycles. The Morgan fingerprint density at radius 3 is 2.42 bits per heavy atom. The highest BCUT2D eigenvalue weighted by Crippen LogP contribution is 2.25. The first-order valence-electron chi connectivity index (χ1n) is 5.68. The maximum absolute atomic E-state index is 5.79.